The maximum atomic E-state index is 13.9. The summed E-state index contributed by atoms with van der Waals surface area (Å²) in [6, 6.07) is 21.2. The summed E-state index contributed by atoms with van der Waals surface area (Å²) in [4.78, 5) is 38.6. The van der Waals surface area contributed by atoms with E-state index < -0.39 is 22.0 Å². The number of hydrogen-bond donors (Lipinski definition) is 1. The molecule has 36 heavy (non-hydrogen) atoms. The van der Waals surface area contributed by atoms with Crippen LogP contribution < -0.4 is 11.2 Å². The lowest BCUT2D eigenvalue weighted by atomic mass is 9.84. The molecule has 2 aromatic heterocycles. The second-order valence-corrected chi connectivity index (χ2v) is 8.37. The van der Waals surface area contributed by atoms with Crippen LogP contribution in [0.2, 0.25) is 0 Å². The fraction of sp³-hybridized carbons (Fsp3) is 0.111. The van der Waals surface area contributed by atoms with E-state index in [9.17, 15) is 24.8 Å². The first-order valence-electron chi connectivity index (χ1n) is 11.1. The fourth-order valence-corrected chi connectivity index (χ4v) is 4.68. The Labute approximate surface area is 204 Å². The monoisotopic (exact) mass is 483 g/mol. The largest absolute Gasteiger partial charge is 0.507 e. The number of nitro benzene ring substituents is 1. The summed E-state index contributed by atoms with van der Waals surface area (Å²) in [6.45, 7) is 1.69. The van der Waals surface area contributed by atoms with Gasteiger partial charge in [0.2, 0.25) is 0 Å². The molecule has 180 valence electrons. The first-order chi connectivity index (χ1) is 17.3. The Morgan fingerprint density at radius 1 is 0.917 bits per heavy atom. The number of aromatic hydroxyl groups is 1. The number of nitro groups is 1. The Morgan fingerprint density at radius 3 is 2.28 bits per heavy atom. The SMILES string of the molecule is Cc1c(C(c2ccccc2[N+](=O)[O-])c2c(O)c3ccccc3oc2=O)c(=O)n(-c2ccccc2)n1C. The van der Waals surface area contributed by atoms with E-state index in [1.54, 1.807) is 67.2 Å². The van der Waals surface area contributed by atoms with Gasteiger partial charge in [0.25, 0.3) is 11.2 Å². The molecule has 0 amide bonds. The van der Waals surface area contributed by atoms with Crippen LogP contribution in [0.4, 0.5) is 5.69 Å². The molecule has 9 nitrogen and oxygen atoms in total. The molecule has 0 aliphatic carbocycles. The van der Waals surface area contributed by atoms with Crippen molar-refractivity contribution < 1.29 is 14.4 Å². The molecule has 1 atom stereocenters. The summed E-state index contributed by atoms with van der Waals surface area (Å²) in [7, 11) is 1.69. The van der Waals surface area contributed by atoms with Crippen LogP contribution in [0.3, 0.4) is 0 Å². The molecule has 2 heterocycles. The number of hydrogen-bond acceptors (Lipinski definition) is 6. The molecule has 9 heteroatoms. The highest BCUT2D eigenvalue weighted by atomic mass is 16.6. The average molecular weight is 483 g/mol. The van der Waals surface area contributed by atoms with Gasteiger partial charge in [0, 0.05) is 24.4 Å². The lowest BCUT2D eigenvalue weighted by Crippen LogP contribution is -2.25. The fourth-order valence-electron chi connectivity index (χ4n) is 4.68. The number of benzene rings is 3. The van der Waals surface area contributed by atoms with Crippen LogP contribution in [0.25, 0.3) is 16.7 Å². The second kappa shape index (κ2) is 8.70. The van der Waals surface area contributed by atoms with Gasteiger partial charge >= 0.3 is 5.63 Å². The van der Waals surface area contributed by atoms with Crippen molar-refractivity contribution in [2.75, 3.05) is 0 Å². The molecule has 0 aliphatic heterocycles. The van der Waals surface area contributed by atoms with Crippen molar-refractivity contribution in [3.8, 4) is 11.4 Å². The molecule has 1 unspecified atom stereocenters. The van der Waals surface area contributed by atoms with E-state index in [1.807, 2.05) is 6.07 Å². The molecular weight excluding hydrogens is 462 g/mol. The third kappa shape index (κ3) is 3.49. The number of nitrogens with zero attached hydrogens (tertiary/aromatic N) is 3. The maximum Gasteiger partial charge on any atom is 0.344 e. The van der Waals surface area contributed by atoms with Gasteiger partial charge in [0.15, 0.2) is 0 Å². The Morgan fingerprint density at radius 2 is 1.56 bits per heavy atom. The van der Waals surface area contributed by atoms with Gasteiger partial charge in [-0.25, -0.2) is 9.48 Å². The van der Waals surface area contributed by atoms with Gasteiger partial charge in [-0.05, 0) is 31.2 Å². The van der Waals surface area contributed by atoms with Crippen LogP contribution in [-0.2, 0) is 7.05 Å². The summed E-state index contributed by atoms with van der Waals surface area (Å²) >= 11 is 0. The number of fused-ring (bicyclic) bond motifs is 1. The molecule has 0 saturated carbocycles. The number of aromatic nitrogens is 2. The van der Waals surface area contributed by atoms with Crippen LogP contribution in [0.1, 0.15) is 28.3 Å². The summed E-state index contributed by atoms with van der Waals surface area (Å²) in [5.41, 5.74) is -0.470. The number of para-hydroxylation sites is 3. The first-order valence-corrected chi connectivity index (χ1v) is 11.1. The zero-order valence-electron chi connectivity index (χ0n) is 19.4. The molecule has 0 fully saturated rings. The van der Waals surface area contributed by atoms with Crippen molar-refractivity contribution in [3.63, 3.8) is 0 Å². The summed E-state index contributed by atoms with van der Waals surface area (Å²) < 4.78 is 8.54. The van der Waals surface area contributed by atoms with Gasteiger partial charge in [-0.3, -0.25) is 19.6 Å². The van der Waals surface area contributed by atoms with E-state index in [1.165, 1.54) is 28.9 Å². The van der Waals surface area contributed by atoms with Crippen LogP contribution >= 0.6 is 0 Å². The molecule has 0 radical (unpaired) electrons. The van der Waals surface area contributed by atoms with E-state index >= 15 is 0 Å². The van der Waals surface area contributed by atoms with Crippen molar-refractivity contribution in [1.82, 2.24) is 9.36 Å². The summed E-state index contributed by atoms with van der Waals surface area (Å²) in [5.74, 6) is -1.66. The Balaban J connectivity index is 1.92. The van der Waals surface area contributed by atoms with Crippen molar-refractivity contribution in [2.45, 2.75) is 12.8 Å². The third-order valence-electron chi connectivity index (χ3n) is 6.44. The minimum Gasteiger partial charge on any atom is -0.507 e. The van der Waals surface area contributed by atoms with E-state index in [0.29, 0.717) is 11.4 Å². The predicted octanol–water partition coefficient (Wildman–Crippen LogP) is 4.38. The normalized spacial score (nSPS) is 12.1. The molecule has 5 aromatic rings. The molecule has 3 aromatic carbocycles. The molecule has 0 aliphatic rings. The zero-order valence-corrected chi connectivity index (χ0v) is 19.4. The first kappa shape index (κ1) is 22.9. The topological polar surface area (TPSA) is 121 Å². The predicted molar refractivity (Wildman–Crippen MR) is 134 cm³/mol. The Hall–Kier alpha value is -4.92. The highest BCUT2D eigenvalue weighted by Crippen LogP contribution is 2.41. The van der Waals surface area contributed by atoms with E-state index in [0.717, 1.165) is 0 Å². The molecule has 5 rings (SSSR count). The van der Waals surface area contributed by atoms with Crippen LogP contribution in [0, 0.1) is 17.0 Å². The maximum absolute atomic E-state index is 13.9. The lowest BCUT2D eigenvalue weighted by Gasteiger charge is -2.18. The van der Waals surface area contributed by atoms with Crippen LogP contribution in [0.15, 0.2) is 92.9 Å². The Bertz CT molecular complexity index is 1750. The van der Waals surface area contributed by atoms with Crippen LogP contribution in [-0.4, -0.2) is 19.4 Å². The minimum atomic E-state index is -1.27. The molecule has 0 bridgehead atoms. The van der Waals surface area contributed by atoms with Gasteiger partial charge in [0.05, 0.1) is 33.0 Å². The quantitative estimate of drug-likeness (QED) is 0.225. The van der Waals surface area contributed by atoms with E-state index in [-0.39, 0.29) is 39.1 Å². The Kier molecular flexibility index (Phi) is 5.52. The number of rotatable bonds is 5. The third-order valence-corrected chi connectivity index (χ3v) is 6.44. The van der Waals surface area contributed by atoms with Crippen LogP contribution in [0.5, 0.6) is 5.75 Å². The van der Waals surface area contributed by atoms with Crippen molar-refractivity contribution in [1.29, 1.82) is 0 Å². The molecule has 0 spiro atoms. The standard InChI is InChI=1S/C27H21N3O6/c1-16-22(26(32)29(28(16)2)17-10-4-3-5-11-17)23(18-12-6-8-14-20(18)30(34)35)24-25(31)19-13-7-9-15-21(19)36-27(24)33/h3-15,23,31H,1-2H3. The minimum absolute atomic E-state index is 0.0893. The van der Waals surface area contributed by atoms with E-state index in [2.05, 4.69) is 0 Å². The van der Waals surface area contributed by atoms with E-state index in [4.69, 9.17) is 4.42 Å². The zero-order chi connectivity index (χ0) is 25.6. The van der Waals surface area contributed by atoms with Gasteiger partial charge in [-0.15, -0.1) is 0 Å². The molecular formula is C27H21N3O6. The summed E-state index contributed by atoms with van der Waals surface area (Å²) in [6.07, 6.45) is 0. The van der Waals surface area contributed by atoms with Gasteiger partial charge in [-0.2, -0.15) is 0 Å². The lowest BCUT2D eigenvalue weighted by molar-refractivity contribution is -0.385. The highest BCUT2D eigenvalue weighted by Gasteiger charge is 2.36. The smallest absolute Gasteiger partial charge is 0.344 e. The molecule has 0 saturated heterocycles. The van der Waals surface area contributed by atoms with Crippen molar-refractivity contribution in [2.24, 2.45) is 7.05 Å². The van der Waals surface area contributed by atoms with Crippen molar-refractivity contribution >= 4 is 16.7 Å². The molecule has 1 N–H and O–H groups in total. The second-order valence-electron chi connectivity index (χ2n) is 8.37. The average Bonchev–Trinajstić information content (AvgIpc) is 3.10. The van der Waals surface area contributed by atoms with Gasteiger partial charge < -0.3 is 9.52 Å². The highest BCUT2D eigenvalue weighted by molar-refractivity contribution is 5.84. The van der Waals surface area contributed by atoms with Gasteiger partial charge in [0.1, 0.15) is 11.3 Å². The van der Waals surface area contributed by atoms with Crippen molar-refractivity contribution in [3.05, 3.63) is 132 Å². The summed E-state index contributed by atoms with van der Waals surface area (Å²) in [5, 5.41) is 23.5. The van der Waals surface area contributed by atoms with Gasteiger partial charge in [-0.1, -0.05) is 48.5 Å².